The lowest BCUT2D eigenvalue weighted by molar-refractivity contribution is 0.816. The Morgan fingerprint density at radius 3 is 2.36 bits per heavy atom. The molecule has 0 aromatic carbocycles. The minimum Gasteiger partial charge on any atom is -0.0785 e. The van der Waals surface area contributed by atoms with E-state index in [4.69, 9.17) is 0 Å². The van der Waals surface area contributed by atoms with Crippen molar-refractivity contribution in [3.63, 3.8) is 0 Å². The topological polar surface area (TPSA) is 0 Å². The van der Waals surface area contributed by atoms with Crippen LogP contribution < -0.4 is 0 Å². The molecule has 0 aliphatic heterocycles. The molecule has 78 valence electrons. The van der Waals surface area contributed by atoms with Gasteiger partial charge in [-0.2, -0.15) is 0 Å². The molecule has 1 aliphatic rings. The average Bonchev–Trinajstić information content (AvgIpc) is 2.34. The van der Waals surface area contributed by atoms with Gasteiger partial charge >= 0.3 is 0 Å². The maximum atomic E-state index is 2.40. The maximum Gasteiger partial charge on any atom is -0.0236 e. The van der Waals surface area contributed by atoms with E-state index >= 15 is 0 Å². The van der Waals surface area contributed by atoms with E-state index in [0.29, 0.717) is 5.92 Å². The van der Waals surface area contributed by atoms with Crippen LogP contribution in [0.25, 0.3) is 0 Å². The Bertz CT molecular complexity index is 294. The van der Waals surface area contributed by atoms with Crippen molar-refractivity contribution >= 4 is 0 Å². The van der Waals surface area contributed by atoms with Crippen LogP contribution in [0.3, 0.4) is 0 Å². The largest absolute Gasteiger partial charge is 0.0785 e. The maximum absolute atomic E-state index is 2.40. The summed E-state index contributed by atoms with van der Waals surface area (Å²) >= 11 is 0. The van der Waals surface area contributed by atoms with E-state index in [2.05, 4.69) is 46.8 Å². The highest BCUT2D eigenvalue weighted by Crippen LogP contribution is 2.33. The molecule has 1 rings (SSSR count). The highest BCUT2D eigenvalue weighted by atomic mass is 14.2. The van der Waals surface area contributed by atoms with Crippen LogP contribution in [0.1, 0.15) is 47.5 Å². The Morgan fingerprint density at radius 2 is 1.86 bits per heavy atom. The molecule has 0 aromatic heterocycles. The van der Waals surface area contributed by atoms with Gasteiger partial charge in [-0.1, -0.05) is 31.6 Å². The second kappa shape index (κ2) is 4.63. The minimum absolute atomic E-state index is 0.672. The van der Waals surface area contributed by atoms with Crippen molar-refractivity contribution in [1.82, 2.24) is 0 Å². The molecule has 0 saturated heterocycles. The van der Waals surface area contributed by atoms with Gasteiger partial charge in [-0.05, 0) is 56.3 Å². The zero-order valence-electron chi connectivity index (χ0n) is 10.1. The summed E-state index contributed by atoms with van der Waals surface area (Å²) in [6.07, 6.45) is 7.20. The van der Waals surface area contributed by atoms with E-state index in [1.54, 1.807) is 5.57 Å². The third-order valence-electron chi connectivity index (χ3n) is 2.62. The molecule has 14 heavy (non-hydrogen) atoms. The van der Waals surface area contributed by atoms with E-state index in [-0.39, 0.29) is 0 Å². The summed E-state index contributed by atoms with van der Waals surface area (Å²) in [5.74, 6) is 0.672. The molecular formula is C14H22. The normalized spacial score (nSPS) is 19.7. The fourth-order valence-corrected chi connectivity index (χ4v) is 1.99. The lowest BCUT2D eigenvalue weighted by Gasteiger charge is -2.02. The van der Waals surface area contributed by atoms with Crippen LogP contribution in [0.4, 0.5) is 0 Å². The van der Waals surface area contributed by atoms with Crippen LogP contribution in [0.5, 0.6) is 0 Å². The van der Waals surface area contributed by atoms with Crippen LogP contribution in [-0.2, 0) is 0 Å². The molecule has 0 fully saturated rings. The molecule has 0 spiro atoms. The summed E-state index contributed by atoms with van der Waals surface area (Å²) in [5.41, 5.74) is 6.02. The van der Waals surface area contributed by atoms with E-state index < -0.39 is 0 Å². The standard InChI is InChI=1S/C14H22/c1-10(2)8-13-6-7-14(12(13)5)9-11(3)4/h8-10H,6-7H2,1-5H3/b13-8+. The van der Waals surface area contributed by atoms with E-state index in [1.165, 1.54) is 29.6 Å². The Kier molecular flexibility index (Phi) is 3.74. The van der Waals surface area contributed by atoms with Gasteiger partial charge in [0, 0.05) is 0 Å². The summed E-state index contributed by atoms with van der Waals surface area (Å²) in [4.78, 5) is 0. The fraction of sp³-hybridized carbons (Fsp3) is 0.571. The van der Waals surface area contributed by atoms with Gasteiger partial charge in [-0.3, -0.25) is 0 Å². The molecule has 0 N–H and O–H groups in total. The van der Waals surface area contributed by atoms with Crippen LogP contribution in [-0.4, -0.2) is 0 Å². The quantitative estimate of drug-likeness (QED) is 0.595. The monoisotopic (exact) mass is 190 g/mol. The SMILES string of the molecule is CC(C)=CC1=C(C)/C(=C/C(C)C)CC1. The van der Waals surface area contributed by atoms with Gasteiger partial charge < -0.3 is 0 Å². The van der Waals surface area contributed by atoms with E-state index in [9.17, 15) is 0 Å². The predicted octanol–water partition coefficient (Wildman–Crippen LogP) is 4.65. The Morgan fingerprint density at radius 1 is 1.21 bits per heavy atom. The predicted molar refractivity (Wildman–Crippen MR) is 64.3 cm³/mol. The van der Waals surface area contributed by atoms with Crippen LogP contribution in [0.15, 0.2) is 34.4 Å². The summed E-state index contributed by atoms with van der Waals surface area (Å²) in [5, 5.41) is 0. The van der Waals surface area contributed by atoms with Crippen molar-refractivity contribution < 1.29 is 0 Å². The molecule has 0 atom stereocenters. The smallest absolute Gasteiger partial charge is 0.0236 e. The van der Waals surface area contributed by atoms with Crippen LogP contribution in [0.2, 0.25) is 0 Å². The zero-order valence-corrected chi connectivity index (χ0v) is 10.1. The molecule has 0 nitrogen and oxygen atoms in total. The molecule has 0 radical (unpaired) electrons. The zero-order chi connectivity index (χ0) is 10.7. The fourth-order valence-electron chi connectivity index (χ4n) is 1.99. The van der Waals surface area contributed by atoms with Gasteiger partial charge in [-0.25, -0.2) is 0 Å². The molecule has 0 saturated carbocycles. The lowest BCUT2D eigenvalue weighted by atomic mass is 10.0. The molecule has 0 heteroatoms. The first-order valence-corrected chi connectivity index (χ1v) is 5.56. The first-order valence-electron chi connectivity index (χ1n) is 5.56. The van der Waals surface area contributed by atoms with Crippen molar-refractivity contribution in [2.45, 2.75) is 47.5 Å². The molecule has 0 unspecified atom stereocenters. The second-order valence-electron chi connectivity index (χ2n) is 4.81. The van der Waals surface area contributed by atoms with Crippen molar-refractivity contribution in [1.29, 1.82) is 0 Å². The summed E-state index contributed by atoms with van der Waals surface area (Å²) in [7, 11) is 0. The second-order valence-corrected chi connectivity index (χ2v) is 4.81. The highest BCUT2D eigenvalue weighted by molar-refractivity contribution is 5.45. The Labute approximate surface area is 88.4 Å². The van der Waals surface area contributed by atoms with Gasteiger partial charge in [-0.15, -0.1) is 0 Å². The lowest BCUT2D eigenvalue weighted by Crippen LogP contribution is -1.85. The first-order chi connectivity index (χ1) is 6.50. The third kappa shape index (κ3) is 2.87. The van der Waals surface area contributed by atoms with Crippen molar-refractivity contribution in [2.24, 2.45) is 5.92 Å². The van der Waals surface area contributed by atoms with E-state index in [0.717, 1.165) is 0 Å². The third-order valence-corrected chi connectivity index (χ3v) is 2.62. The molecular weight excluding hydrogens is 168 g/mol. The van der Waals surface area contributed by atoms with Crippen molar-refractivity contribution in [3.05, 3.63) is 34.4 Å². The van der Waals surface area contributed by atoms with Crippen molar-refractivity contribution in [2.75, 3.05) is 0 Å². The summed E-state index contributed by atoms with van der Waals surface area (Å²) < 4.78 is 0. The summed E-state index contributed by atoms with van der Waals surface area (Å²) in [6, 6.07) is 0. The molecule has 0 amide bonds. The highest BCUT2D eigenvalue weighted by Gasteiger charge is 2.14. The van der Waals surface area contributed by atoms with Gasteiger partial charge in [0.1, 0.15) is 0 Å². The molecule has 0 aromatic rings. The minimum atomic E-state index is 0.672. The Balaban J connectivity index is 2.91. The average molecular weight is 190 g/mol. The number of allylic oxidation sites excluding steroid dienone is 6. The van der Waals surface area contributed by atoms with Crippen LogP contribution >= 0.6 is 0 Å². The number of hydrogen-bond donors (Lipinski definition) is 0. The number of rotatable bonds is 2. The van der Waals surface area contributed by atoms with Gasteiger partial charge in [0.25, 0.3) is 0 Å². The number of hydrogen-bond acceptors (Lipinski definition) is 0. The van der Waals surface area contributed by atoms with Gasteiger partial charge in [0.15, 0.2) is 0 Å². The van der Waals surface area contributed by atoms with E-state index in [1.807, 2.05) is 0 Å². The van der Waals surface area contributed by atoms with Gasteiger partial charge in [0.2, 0.25) is 0 Å². The molecule has 0 bridgehead atoms. The Hall–Kier alpha value is -0.780. The summed E-state index contributed by atoms with van der Waals surface area (Å²) in [6.45, 7) is 11.1. The first kappa shape index (κ1) is 11.3. The molecule has 1 aliphatic carbocycles. The van der Waals surface area contributed by atoms with Crippen LogP contribution in [0, 0.1) is 5.92 Å². The molecule has 0 heterocycles. The van der Waals surface area contributed by atoms with Crippen molar-refractivity contribution in [3.8, 4) is 0 Å². The van der Waals surface area contributed by atoms with Gasteiger partial charge in [0.05, 0.1) is 0 Å².